The molecule has 1 aliphatic rings. The van der Waals surface area contributed by atoms with E-state index in [9.17, 15) is 0 Å². The van der Waals surface area contributed by atoms with E-state index in [0.29, 0.717) is 10.8 Å². The lowest BCUT2D eigenvalue weighted by atomic mass is 9.76. The summed E-state index contributed by atoms with van der Waals surface area (Å²) < 4.78 is 0. The van der Waals surface area contributed by atoms with E-state index in [1.807, 2.05) is 0 Å². The molecule has 0 aromatic heterocycles. The molecule has 72 valence electrons. The molecule has 0 saturated heterocycles. The Bertz CT molecular complexity index is 151. The minimum Gasteiger partial charge on any atom is -0.126 e. The third kappa shape index (κ3) is 2.39. The fourth-order valence-electron chi connectivity index (χ4n) is 1.52. The molecular formula is C11H21Cl. The summed E-state index contributed by atoms with van der Waals surface area (Å²) >= 11 is 5.95. The van der Waals surface area contributed by atoms with Crippen LogP contribution in [0.4, 0.5) is 0 Å². The quantitative estimate of drug-likeness (QED) is 0.586. The predicted octanol–water partition coefficient (Wildman–Crippen LogP) is 4.08. The number of halogens is 1. The summed E-state index contributed by atoms with van der Waals surface area (Å²) in [5.74, 6) is 1.66. The summed E-state index contributed by atoms with van der Waals surface area (Å²) in [7, 11) is 0. The van der Waals surface area contributed by atoms with Crippen LogP contribution >= 0.6 is 11.6 Å². The van der Waals surface area contributed by atoms with Crippen LogP contribution in [-0.4, -0.2) is 5.88 Å². The SMILES string of the molecule is CC(CC1(CCl)CC1)C(C)(C)C. The Balaban J connectivity index is 2.41. The Hall–Kier alpha value is 0.290. The zero-order chi connectivity index (χ0) is 9.41. The molecule has 0 heterocycles. The predicted molar refractivity (Wildman–Crippen MR) is 55.6 cm³/mol. The van der Waals surface area contributed by atoms with Crippen molar-refractivity contribution in [3.05, 3.63) is 0 Å². The largest absolute Gasteiger partial charge is 0.126 e. The van der Waals surface area contributed by atoms with E-state index in [1.165, 1.54) is 19.3 Å². The molecule has 12 heavy (non-hydrogen) atoms. The molecule has 0 N–H and O–H groups in total. The molecule has 0 aromatic carbocycles. The highest BCUT2D eigenvalue weighted by Crippen LogP contribution is 2.53. The highest BCUT2D eigenvalue weighted by atomic mass is 35.5. The lowest BCUT2D eigenvalue weighted by Gasteiger charge is -2.30. The smallest absolute Gasteiger partial charge is 0.0280 e. The van der Waals surface area contributed by atoms with Gasteiger partial charge in [-0.1, -0.05) is 27.7 Å². The number of hydrogen-bond donors (Lipinski definition) is 0. The van der Waals surface area contributed by atoms with Crippen LogP contribution in [0.3, 0.4) is 0 Å². The zero-order valence-corrected chi connectivity index (χ0v) is 9.54. The highest BCUT2D eigenvalue weighted by Gasteiger charge is 2.43. The van der Waals surface area contributed by atoms with E-state index in [4.69, 9.17) is 11.6 Å². The van der Waals surface area contributed by atoms with Crippen molar-refractivity contribution in [3.63, 3.8) is 0 Å². The van der Waals surface area contributed by atoms with Crippen LogP contribution < -0.4 is 0 Å². The molecule has 1 aliphatic carbocycles. The van der Waals surface area contributed by atoms with Gasteiger partial charge >= 0.3 is 0 Å². The summed E-state index contributed by atoms with van der Waals surface area (Å²) in [6, 6.07) is 0. The minimum atomic E-state index is 0.446. The summed E-state index contributed by atoms with van der Waals surface area (Å²) in [6.07, 6.45) is 4.04. The van der Waals surface area contributed by atoms with Gasteiger partial charge in [-0.05, 0) is 36.0 Å². The summed E-state index contributed by atoms with van der Waals surface area (Å²) in [5.41, 5.74) is 0.982. The molecule has 1 atom stereocenters. The van der Waals surface area contributed by atoms with E-state index in [2.05, 4.69) is 27.7 Å². The average Bonchev–Trinajstić information content (AvgIpc) is 2.67. The number of rotatable bonds is 3. The van der Waals surface area contributed by atoms with E-state index in [-0.39, 0.29) is 0 Å². The van der Waals surface area contributed by atoms with Crippen molar-refractivity contribution in [3.8, 4) is 0 Å². The number of alkyl halides is 1. The Morgan fingerprint density at radius 3 is 2.08 bits per heavy atom. The van der Waals surface area contributed by atoms with Crippen molar-refractivity contribution in [1.29, 1.82) is 0 Å². The Kier molecular flexibility index (Phi) is 2.78. The fraction of sp³-hybridized carbons (Fsp3) is 1.00. The highest BCUT2D eigenvalue weighted by molar-refractivity contribution is 6.18. The Labute approximate surface area is 81.7 Å². The first-order chi connectivity index (χ1) is 5.40. The molecule has 1 fully saturated rings. The molecule has 0 spiro atoms. The summed E-state index contributed by atoms with van der Waals surface area (Å²) in [6.45, 7) is 9.32. The van der Waals surface area contributed by atoms with Crippen molar-refractivity contribution < 1.29 is 0 Å². The number of hydrogen-bond acceptors (Lipinski definition) is 0. The summed E-state index contributed by atoms with van der Waals surface area (Å²) in [4.78, 5) is 0. The van der Waals surface area contributed by atoms with Gasteiger partial charge in [0.2, 0.25) is 0 Å². The molecule has 0 nitrogen and oxygen atoms in total. The van der Waals surface area contributed by atoms with Gasteiger partial charge in [0.15, 0.2) is 0 Å². The van der Waals surface area contributed by atoms with Crippen molar-refractivity contribution in [2.24, 2.45) is 16.7 Å². The van der Waals surface area contributed by atoms with Gasteiger partial charge in [0.25, 0.3) is 0 Å². The fourth-order valence-corrected chi connectivity index (χ4v) is 1.90. The second-order valence-corrected chi connectivity index (χ2v) is 5.87. The first kappa shape index (κ1) is 10.4. The van der Waals surface area contributed by atoms with Gasteiger partial charge in [-0.2, -0.15) is 0 Å². The van der Waals surface area contributed by atoms with Crippen LogP contribution in [0.5, 0.6) is 0 Å². The standard InChI is InChI=1S/C11H21Cl/c1-9(10(2,3)4)7-11(8-12)5-6-11/h9H,5-8H2,1-4H3. The van der Waals surface area contributed by atoms with Crippen molar-refractivity contribution in [1.82, 2.24) is 0 Å². The second-order valence-electron chi connectivity index (χ2n) is 5.60. The zero-order valence-electron chi connectivity index (χ0n) is 8.78. The molecule has 0 radical (unpaired) electrons. The molecule has 1 heteroatoms. The first-order valence-electron chi connectivity index (χ1n) is 4.96. The first-order valence-corrected chi connectivity index (χ1v) is 5.49. The van der Waals surface area contributed by atoms with Gasteiger partial charge in [0, 0.05) is 5.88 Å². The maximum Gasteiger partial charge on any atom is 0.0280 e. The normalized spacial score (nSPS) is 23.8. The van der Waals surface area contributed by atoms with Crippen LogP contribution in [0, 0.1) is 16.7 Å². The van der Waals surface area contributed by atoms with E-state index >= 15 is 0 Å². The van der Waals surface area contributed by atoms with E-state index in [1.54, 1.807) is 0 Å². The van der Waals surface area contributed by atoms with Gasteiger partial charge in [0.05, 0.1) is 0 Å². The van der Waals surface area contributed by atoms with Crippen LogP contribution in [0.2, 0.25) is 0 Å². The third-order valence-electron chi connectivity index (χ3n) is 3.46. The molecule has 1 unspecified atom stereocenters. The van der Waals surface area contributed by atoms with Crippen molar-refractivity contribution in [2.45, 2.75) is 47.0 Å². The lowest BCUT2D eigenvalue weighted by Crippen LogP contribution is -2.21. The maximum atomic E-state index is 5.95. The van der Waals surface area contributed by atoms with Gasteiger partial charge in [-0.15, -0.1) is 11.6 Å². The average molecular weight is 189 g/mol. The Morgan fingerprint density at radius 2 is 1.83 bits per heavy atom. The van der Waals surface area contributed by atoms with Gasteiger partial charge in [-0.25, -0.2) is 0 Å². The van der Waals surface area contributed by atoms with Crippen LogP contribution in [0.1, 0.15) is 47.0 Å². The summed E-state index contributed by atoms with van der Waals surface area (Å²) in [5, 5.41) is 0. The lowest BCUT2D eigenvalue weighted by molar-refractivity contribution is 0.213. The van der Waals surface area contributed by atoms with E-state index < -0.39 is 0 Å². The van der Waals surface area contributed by atoms with Gasteiger partial charge in [0.1, 0.15) is 0 Å². The van der Waals surface area contributed by atoms with Crippen LogP contribution in [0.15, 0.2) is 0 Å². The van der Waals surface area contributed by atoms with Crippen LogP contribution in [0.25, 0.3) is 0 Å². The van der Waals surface area contributed by atoms with Crippen LogP contribution in [-0.2, 0) is 0 Å². The minimum absolute atomic E-state index is 0.446. The Morgan fingerprint density at radius 1 is 1.33 bits per heavy atom. The maximum absolute atomic E-state index is 5.95. The van der Waals surface area contributed by atoms with Gasteiger partial charge in [-0.3, -0.25) is 0 Å². The second kappa shape index (κ2) is 3.21. The molecule has 0 aliphatic heterocycles. The molecule has 1 rings (SSSR count). The molecule has 1 saturated carbocycles. The monoisotopic (exact) mass is 188 g/mol. The third-order valence-corrected chi connectivity index (χ3v) is 4.03. The molecule has 0 aromatic rings. The topological polar surface area (TPSA) is 0 Å². The molecule has 0 amide bonds. The van der Waals surface area contributed by atoms with Gasteiger partial charge < -0.3 is 0 Å². The van der Waals surface area contributed by atoms with Crippen molar-refractivity contribution >= 4 is 11.6 Å². The van der Waals surface area contributed by atoms with Crippen molar-refractivity contribution in [2.75, 3.05) is 5.88 Å². The molecule has 0 bridgehead atoms. The van der Waals surface area contributed by atoms with E-state index in [0.717, 1.165) is 11.8 Å². The molecular weight excluding hydrogens is 168 g/mol.